The van der Waals surface area contributed by atoms with Crippen LogP contribution < -0.4 is 5.32 Å². The zero-order valence-corrected chi connectivity index (χ0v) is 15.6. The van der Waals surface area contributed by atoms with Gasteiger partial charge in [0.15, 0.2) is 0 Å². The number of fused-ring (bicyclic) bond motifs is 1. The number of benzene rings is 2. The molecular formula is C22H28N2O2. The van der Waals surface area contributed by atoms with Gasteiger partial charge in [0.2, 0.25) is 5.91 Å². The van der Waals surface area contributed by atoms with Crippen molar-refractivity contribution in [1.82, 2.24) is 10.2 Å². The third-order valence-corrected chi connectivity index (χ3v) is 5.31. The van der Waals surface area contributed by atoms with Crippen LogP contribution in [0.4, 0.5) is 0 Å². The van der Waals surface area contributed by atoms with E-state index in [0.717, 1.165) is 25.7 Å². The maximum atomic E-state index is 12.5. The molecule has 4 nitrogen and oxygen atoms in total. The number of aryl methyl sites for hydroxylation is 1. The number of carbonyl (C=O) groups excluding carboxylic acids is 1. The van der Waals surface area contributed by atoms with Crippen molar-refractivity contribution in [3.63, 3.8) is 0 Å². The average molecular weight is 352 g/mol. The van der Waals surface area contributed by atoms with E-state index in [1.165, 1.54) is 16.7 Å². The molecule has 0 aliphatic heterocycles. The van der Waals surface area contributed by atoms with Gasteiger partial charge in [-0.2, -0.15) is 0 Å². The fraction of sp³-hybridized carbons (Fsp3) is 0.409. The Morgan fingerprint density at radius 3 is 2.65 bits per heavy atom. The van der Waals surface area contributed by atoms with Crippen LogP contribution in [0.5, 0.6) is 5.75 Å². The molecule has 2 N–H and O–H groups in total. The van der Waals surface area contributed by atoms with E-state index >= 15 is 0 Å². The summed E-state index contributed by atoms with van der Waals surface area (Å²) in [6.45, 7) is 0. The quantitative estimate of drug-likeness (QED) is 0.802. The summed E-state index contributed by atoms with van der Waals surface area (Å²) in [4.78, 5) is 14.6. The first-order valence-electron chi connectivity index (χ1n) is 9.34. The second-order valence-corrected chi connectivity index (χ2v) is 7.38. The number of hydrogen-bond donors (Lipinski definition) is 2. The predicted molar refractivity (Wildman–Crippen MR) is 104 cm³/mol. The maximum Gasteiger partial charge on any atom is 0.220 e. The summed E-state index contributed by atoms with van der Waals surface area (Å²) < 4.78 is 0. The van der Waals surface area contributed by atoms with Crippen molar-refractivity contribution in [1.29, 1.82) is 0 Å². The minimum Gasteiger partial charge on any atom is -0.508 e. The molecule has 4 heteroatoms. The van der Waals surface area contributed by atoms with E-state index in [1.807, 2.05) is 18.2 Å². The molecule has 0 bridgehead atoms. The molecule has 0 saturated heterocycles. The van der Waals surface area contributed by atoms with Crippen molar-refractivity contribution in [3.8, 4) is 5.75 Å². The standard InChI is InChI=1S/C22H28N2O2/c1-24(2)18(15-16-7-11-19(25)12-8-16)10-14-22(26)23-21-13-9-17-5-3-4-6-20(17)21/h3-8,11-12,18,21,25H,9-10,13-15H2,1-2H3,(H,23,26)/t18-,21+/m1/s1. The minimum atomic E-state index is 0.129. The van der Waals surface area contributed by atoms with Crippen LogP contribution in [0.15, 0.2) is 48.5 Å². The number of phenolic OH excluding ortho intramolecular Hbond substituents is 1. The second-order valence-electron chi connectivity index (χ2n) is 7.38. The molecule has 0 fully saturated rings. The van der Waals surface area contributed by atoms with Gasteiger partial charge in [0, 0.05) is 12.5 Å². The number of amides is 1. The summed E-state index contributed by atoms with van der Waals surface area (Å²) in [5.74, 6) is 0.413. The van der Waals surface area contributed by atoms with Crippen molar-refractivity contribution in [2.75, 3.05) is 14.1 Å². The van der Waals surface area contributed by atoms with Crippen LogP contribution in [0.25, 0.3) is 0 Å². The van der Waals surface area contributed by atoms with Crippen LogP contribution in [0.1, 0.15) is 42.0 Å². The van der Waals surface area contributed by atoms with Crippen LogP contribution in [-0.2, 0) is 17.6 Å². The van der Waals surface area contributed by atoms with E-state index in [-0.39, 0.29) is 17.7 Å². The predicted octanol–water partition coefficient (Wildman–Crippen LogP) is 3.45. The van der Waals surface area contributed by atoms with E-state index in [2.05, 4.69) is 42.5 Å². The van der Waals surface area contributed by atoms with E-state index < -0.39 is 0 Å². The fourth-order valence-electron chi connectivity index (χ4n) is 3.72. The molecular weight excluding hydrogens is 324 g/mol. The van der Waals surface area contributed by atoms with E-state index in [4.69, 9.17) is 0 Å². The van der Waals surface area contributed by atoms with Gasteiger partial charge in [-0.1, -0.05) is 36.4 Å². The molecule has 1 aliphatic carbocycles. The van der Waals surface area contributed by atoms with Crippen molar-refractivity contribution in [2.24, 2.45) is 0 Å². The molecule has 0 spiro atoms. The number of aromatic hydroxyl groups is 1. The molecule has 0 saturated carbocycles. The van der Waals surface area contributed by atoms with Gasteiger partial charge < -0.3 is 15.3 Å². The Morgan fingerprint density at radius 2 is 1.92 bits per heavy atom. The van der Waals surface area contributed by atoms with Gasteiger partial charge in [-0.25, -0.2) is 0 Å². The minimum absolute atomic E-state index is 0.129. The Morgan fingerprint density at radius 1 is 1.19 bits per heavy atom. The molecule has 0 aromatic heterocycles. The second kappa shape index (κ2) is 8.37. The molecule has 2 aromatic carbocycles. The van der Waals surface area contributed by atoms with Crippen molar-refractivity contribution in [2.45, 2.75) is 44.2 Å². The lowest BCUT2D eigenvalue weighted by Gasteiger charge is -2.24. The van der Waals surface area contributed by atoms with Gasteiger partial charge in [0.1, 0.15) is 5.75 Å². The summed E-state index contributed by atoms with van der Waals surface area (Å²) >= 11 is 0. The Bertz CT molecular complexity index is 740. The fourth-order valence-corrected chi connectivity index (χ4v) is 3.72. The number of hydrogen-bond acceptors (Lipinski definition) is 3. The van der Waals surface area contributed by atoms with Gasteiger partial charge in [-0.15, -0.1) is 0 Å². The highest BCUT2D eigenvalue weighted by molar-refractivity contribution is 5.76. The van der Waals surface area contributed by atoms with Crippen LogP contribution in [0, 0.1) is 0 Å². The Kier molecular flexibility index (Phi) is 5.94. The first-order chi connectivity index (χ1) is 12.5. The van der Waals surface area contributed by atoms with Gasteiger partial charge in [0.05, 0.1) is 6.04 Å². The van der Waals surface area contributed by atoms with Crippen LogP contribution >= 0.6 is 0 Å². The maximum absolute atomic E-state index is 12.5. The van der Waals surface area contributed by atoms with Gasteiger partial charge in [-0.05, 0) is 68.6 Å². The Labute approximate surface area is 155 Å². The molecule has 2 atom stereocenters. The van der Waals surface area contributed by atoms with E-state index in [0.29, 0.717) is 12.5 Å². The lowest BCUT2D eigenvalue weighted by molar-refractivity contribution is -0.122. The topological polar surface area (TPSA) is 52.6 Å². The lowest BCUT2D eigenvalue weighted by Crippen LogP contribution is -2.33. The van der Waals surface area contributed by atoms with Gasteiger partial charge >= 0.3 is 0 Å². The van der Waals surface area contributed by atoms with Crippen LogP contribution in [0.2, 0.25) is 0 Å². The highest BCUT2D eigenvalue weighted by Gasteiger charge is 2.23. The van der Waals surface area contributed by atoms with Crippen LogP contribution in [-0.4, -0.2) is 36.1 Å². The Hall–Kier alpha value is -2.33. The van der Waals surface area contributed by atoms with Crippen molar-refractivity contribution >= 4 is 5.91 Å². The first-order valence-corrected chi connectivity index (χ1v) is 9.34. The number of nitrogens with zero attached hydrogens (tertiary/aromatic N) is 1. The van der Waals surface area contributed by atoms with Crippen LogP contribution in [0.3, 0.4) is 0 Å². The molecule has 0 unspecified atom stereocenters. The lowest BCUT2D eigenvalue weighted by atomic mass is 10.0. The molecule has 3 rings (SSSR count). The summed E-state index contributed by atoms with van der Waals surface area (Å²) in [5.41, 5.74) is 3.80. The molecule has 1 amide bonds. The third kappa shape index (κ3) is 4.64. The normalized spacial score (nSPS) is 17.1. The number of nitrogens with one attached hydrogen (secondary N) is 1. The van der Waals surface area contributed by atoms with Gasteiger partial charge in [-0.3, -0.25) is 4.79 Å². The number of rotatable bonds is 7. The monoisotopic (exact) mass is 352 g/mol. The molecule has 2 aromatic rings. The van der Waals surface area contributed by atoms with Crippen molar-refractivity contribution in [3.05, 3.63) is 65.2 Å². The first kappa shape index (κ1) is 18.5. The summed E-state index contributed by atoms with van der Waals surface area (Å²) in [7, 11) is 4.10. The number of carbonyl (C=O) groups is 1. The molecule has 0 radical (unpaired) electrons. The molecule has 1 aliphatic rings. The largest absolute Gasteiger partial charge is 0.508 e. The highest BCUT2D eigenvalue weighted by atomic mass is 16.3. The smallest absolute Gasteiger partial charge is 0.220 e. The summed E-state index contributed by atoms with van der Waals surface area (Å²) in [6.07, 6.45) is 4.25. The summed E-state index contributed by atoms with van der Waals surface area (Å²) in [5, 5.41) is 12.6. The van der Waals surface area contributed by atoms with E-state index in [1.54, 1.807) is 12.1 Å². The van der Waals surface area contributed by atoms with E-state index in [9.17, 15) is 9.90 Å². The third-order valence-electron chi connectivity index (χ3n) is 5.31. The SMILES string of the molecule is CN(C)[C@H](CCC(=O)N[C@H]1CCc2ccccc21)Cc1ccc(O)cc1. The highest BCUT2D eigenvalue weighted by Crippen LogP contribution is 2.30. The number of phenols is 1. The zero-order valence-electron chi connectivity index (χ0n) is 15.6. The van der Waals surface area contributed by atoms with Crippen molar-refractivity contribution < 1.29 is 9.90 Å². The zero-order chi connectivity index (χ0) is 18.5. The number of likely N-dealkylation sites (N-methyl/N-ethyl adjacent to an activating group) is 1. The Balaban J connectivity index is 1.52. The van der Waals surface area contributed by atoms with Gasteiger partial charge in [0.25, 0.3) is 0 Å². The molecule has 138 valence electrons. The average Bonchev–Trinajstić information content (AvgIpc) is 3.03. The molecule has 0 heterocycles. The molecule has 26 heavy (non-hydrogen) atoms. The summed E-state index contributed by atoms with van der Waals surface area (Å²) in [6, 6.07) is 16.2.